The monoisotopic (exact) mass is 473 g/mol. The van der Waals surface area contributed by atoms with Crippen LogP contribution >= 0.6 is 0 Å². The summed E-state index contributed by atoms with van der Waals surface area (Å²) in [6, 6.07) is 12.0. The maximum absolute atomic E-state index is 13.3. The first-order valence-corrected chi connectivity index (χ1v) is 11.5. The predicted octanol–water partition coefficient (Wildman–Crippen LogP) is 2.96. The number of ether oxygens (including phenoxy) is 2. The van der Waals surface area contributed by atoms with Crippen molar-refractivity contribution in [3.63, 3.8) is 0 Å². The van der Waals surface area contributed by atoms with Gasteiger partial charge in [-0.15, -0.1) is 0 Å². The number of carbonyl (C=O) groups excluding carboxylic acids is 1. The first-order chi connectivity index (χ1) is 15.8. The molecular weight excluding hydrogens is 449 g/mol. The molecule has 10 heteroatoms. The van der Waals surface area contributed by atoms with Crippen molar-refractivity contribution in [1.82, 2.24) is 15.0 Å². The molecule has 1 unspecified atom stereocenters. The lowest BCUT2D eigenvalue weighted by Gasteiger charge is -2.22. The second kappa shape index (κ2) is 10.9. The van der Waals surface area contributed by atoms with Crippen LogP contribution in [0.25, 0.3) is 0 Å². The van der Waals surface area contributed by atoms with Crippen LogP contribution in [0.1, 0.15) is 23.6 Å². The van der Waals surface area contributed by atoms with E-state index < -0.39 is 27.8 Å². The highest BCUT2D eigenvalue weighted by Gasteiger charge is 2.27. The maximum Gasteiger partial charge on any atom is 0.241 e. The second-order valence-corrected chi connectivity index (χ2v) is 8.77. The van der Waals surface area contributed by atoms with E-state index in [4.69, 9.17) is 9.47 Å². The van der Waals surface area contributed by atoms with Gasteiger partial charge in [0.05, 0.1) is 25.2 Å². The predicted molar refractivity (Wildman–Crippen MR) is 120 cm³/mol. The average molecular weight is 474 g/mol. The number of benzene rings is 2. The molecule has 3 rings (SSSR count). The van der Waals surface area contributed by atoms with E-state index in [1.807, 2.05) is 6.07 Å². The summed E-state index contributed by atoms with van der Waals surface area (Å²) in [5, 5.41) is 2.76. The number of hydrogen-bond donors (Lipinski definition) is 2. The Morgan fingerprint density at radius 1 is 1.06 bits per heavy atom. The minimum absolute atomic E-state index is 0.133. The van der Waals surface area contributed by atoms with E-state index in [1.165, 1.54) is 14.2 Å². The van der Waals surface area contributed by atoms with Crippen LogP contribution in [0.2, 0.25) is 0 Å². The van der Waals surface area contributed by atoms with E-state index in [1.54, 1.807) is 36.7 Å². The van der Waals surface area contributed by atoms with Gasteiger partial charge in [-0.3, -0.25) is 9.78 Å². The lowest BCUT2D eigenvalue weighted by molar-refractivity contribution is -0.121. The molecule has 0 aliphatic heterocycles. The number of aromatic nitrogens is 1. The second-order valence-electron chi connectivity index (χ2n) is 7.05. The summed E-state index contributed by atoms with van der Waals surface area (Å²) in [7, 11) is -1.20. The number of pyridine rings is 1. The third kappa shape index (κ3) is 6.27. The molecule has 2 aromatic carbocycles. The molecule has 1 aromatic heterocycles. The summed E-state index contributed by atoms with van der Waals surface area (Å²) in [6.07, 6.45) is 3.03. The van der Waals surface area contributed by atoms with Crippen LogP contribution in [0.5, 0.6) is 11.5 Å². The number of hydrogen-bond acceptors (Lipinski definition) is 6. The topological polar surface area (TPSA) is 107 Å². The Bertz CT molecular complexity index is 1190. The Morgan fingerprint density at radius 2 is 1.82 bits per heavy atom. The molecule has 1 amide bonds. The van der Waals surface area contributed by atoms with E-state index in [-0.39, 0.29) is 17.9 Å². The molecule has 0 aliphatic rings. The molecule has 1 atom stereocenters. The number of rotatable bonds is 10. The van der Waals surface area contributed by atoms with Crippen molar-refractivity contribution in [2.45, 2.75) is 23.9 Å². The van der Waals surface area contributed by atoms with E-state index in [0.29, 0.717) is 17.1 Å². The van der Waals surface area contributed by atoms with Gasteiger partial charge in [-0.25, -0.2) is 17.5 Å². The number of sulfonamides is 1. The zero-order valence-electron chi connectivity index (χ0n) is 18.1. The highest BCUT2D eigenvalue weighted by molar-refractivity contribution is 7.89. The van der Waals surface area contributed by atoms with Crippen LogP contribution in [0.4, 0.5) is 4.39 Å². The van der Waals surface area contributed by atoms with Crippen molar-refractivity contribution in [3.05, 3.63) is 83.9 Å². The molecule has 0 saturated carbocycles. The van der Waals surface area contributed by atoms with Crippen LogP contribution in [0.3, 0.4) is 0 Å². The van der Waals surface area contributed by atoms with Crippen LogP contribution in [-0.2, 0) is 21.4 Å². The fourth-order valence-corrected chi connectivity index (χ4v) is 4.45. The average Bonchev–Trinajstić information content (AvgIpc) is 2.82. The van der Waals surface area contributed by atoms with Crippen molar-refractivity contribution in [2.24, 2.45) is 0 Å². The number of methoxy groups -OCH3 is 2. The lowest BCUT2D eigenvalue weighted by Crippen LogP contribution is -2.34. The minimum Gasteiger partial charge on any atom is -0.493 e. The third-order valence-electron chi connectivity index (χ3n) is 4.83. The minimum atomic E-state index is -4.08. The summed E-state index contributed by atoms with van der Waals surface area (Å²) in [5.41, 5.74) is 1.22. The van der Waals surface area contributed by atoms with Crippen molar-refractivity contribution >= 4 is 15.9 Å². The molecule has 0 bridgehead atoms. The molecule has 174 valence electrons. The number of amides is 1. The number of halogens is 1. The first kappa shape index (κ1) is 24.1. The van der Waals surface area contributed by atoms with Crippen molar-refractivity contribution in [3.8, 4) is 11.5 Å². The standard InChI is InChI=1S/C23H24FN3O5S/c1-31-21-7-3-6-19(23(21)32-2)20(13-22(28)26-15-16-5-4-12-25-14-16)27-33(29,30)18-10-8-17(24)9-11-18/h3-12,14,20,27H,13,15H2,1-2H3,(H,26,28). The largest absolute Gasteiger partial charge is 0.493 e. The van der Waals surface area contributed by atoms with Crippen molar-refractivity contribution < 1.29 is 27.1 Å². The molecule has 8 nitrogen and oxygen atoms in total. The zero-order chi connectivity index (χ0) is 23.8. The van der Waals surface area contributed by atoms with Gasteiger partial charge in [-0.2, -0.15) is 0 Å². The molecule has 33 heavy (non-hydrogen) atoms. The molecule has 2 N–H and O–H groups in total. The molecule has 0 spiro atoms. The number of nitrogens with zero attached hydrogens (tertiary/aromatic N) is 1. The van der Waals surface area contributed by atoms with E-state index >= 15 is 0 Å². The quantitative estimate of drug-likeness (QED) is 0.469. The van der Waals surface area contributed by atoms with E-state index in [2.05, 4.69) is 15.0 Å². The maximum atomic E-state index is 13.3. The lowest BCUT2D eigenvalue weighted by atomic mass is 10.0. The summed E-state index contributed by atoms with van der Waals surface area (Å²) in [5.74, 6) is -0.270. The van der Waals surface area contributed by atoms with Gasteiger partial charge in [0.1, 0.15) is 5.82 Å². The van der Waals surface area contributed by atoms with Gasteiger partial charge in [0.15, 0.2) is 11.5 Å². The normalized spacial score (nSPS) is 12.1. The molecular formula is C23H24FN3O5S. The highest BCUT2D eigenvalue weighted by atomic mass is 32.2. The number of nitrogens with one attached hydrogen (secondary N) is 2. The summed E-state index contributed by atoms with van der Waals surface area (Å²) in [4.78, 5) is 16.6. The Kier molecular flexibility index (Phi) is 7.96. The van der Waals surface area contributed by atoms with Gasteiger partial charge in [0.25, 0.3) is 0 Å². The molecule has 3 aromatic rings. The van der Waals surface area contributed by atoms with Crippen LogP contribution in [0, 0.1) is 5.82 Å². The fraction of sp³-hybridized carbons (Fsp3) is 0.217. The zero-order valence-corrected chi connectivity index (χ0v) is 18.9. The Morgan fingerprint density at radius 3 is 2.45 bits per heavy atom. The molecule has 1 heterocycles. The van der Waals surface area contributed by atoms with Gasteiger partial charge in [-0.1, -0.05) is 18.2 Å². The number of carbonyl (C=O) groups is 1. The van der Waals surface area contributed by atoms with Crippen LogP contribution < -0.4 is 19.5 Å². The Hall–Kier alpha value is -3.50. The summed E-state index contributed by atoms with van der Waals surface area (Å²) in [6.45, 7) is 0.235. The Balaban J connectivity index is 1.89. The molecule has 0 aliphatic carbocycles. The smallest absolute Gasteiger partial charge is 0.241 e. The first-order valence-electron chi connectivity index (χ1n) is 9.98. The van der Waals surface area contributed by atoms with Gasteiger partial charge in [-0.05, 0) is 42.0 Å². The molecule has 0 fully saturated rings. The van der Waals surface area contributed by atoms with Gasteiger partial charge < -0.3 is 14.8 Å². The Labute approximate surface area is 191 Å². The van der Waals surface area contributed by atoms with E-state index in [9.17, 15) is 17.6 Å². The van der Waals surface area contributed by atoms with Crippen LogP contribution in [-0.4, -0.2) is 33.5 Å². The fourth-order valence-electron chi connectivity index (χ4n) is 3.23. The highest BCUT2D eigenvalue weighted by Crippen LogP contribution is 2.36. The molecule has 0 saturated heterocycles. The third-order valence-corrected chi connectivity index (χ3v) is 6.32. The van der Waals surface area contributed by atoms with Crippen LogP contribution in [0.15, 0.2) is 71.9 Å². The van der Waals surface area contributed by atoms with Crippen molar-refractivity contribution in [1.29, 1.82) is 0 Å². The molecule has 0 radical (unpaired) electrons. The summed E-state index contributed by atoms with van der Waals surface area (Å²) >= 11 is 0. The van der Waals surface area contributed by atoms with E-state index in [0.717, 1.165) is 29.8 Å². The SMILES string of the molecule is COc1cccc(C(CC(=O)NCc2cccnc2)NS(=O)(=O)c2ccc(F)cc2)c1OC. The number of para-hydroxylation sites is 1. The van der Waals surface area contributed by atoms with Crippen molar-refractivity contribution in [2.75, 3.05) is 14.2 Å². The van der Waals surface area contributed by atoms with Gasteiger partial charge >= 0.3 is 0 Å². The van der Waals surface area contributed by atoms with Gasteiger partial charge in [0.2, 0.25) is 15.9 Å². The summed E-state index contributed by atoms with van der Waals surface area (Å²) < 4.78 is 52.6. The van der Waals surface area contributed by atoms with Gasteiger partial charge in [0, 0.05) is 30.9 Å².